The molecule has 1 aromatic carbocycles. The molecule has 0 bridgehead atoms. The molecular formula is C14H20N2O2. The van der Waals surface area contributed by atoms with Gasteiger partial charge in [-0.3, -0.25) is 4.79 Å². The zero-order chi connectivity index (χ0) is 13.0. The number of fused-ring (bicyclic) bond motifs is 1. The first-order chi connectivity index (χ1) is 8.70. The van der Waals surface area contributed by atoms with Crippen molar-refractivity contribution in [2.75, 3.05) is 18.5 Å². The number of rotatable bonds is 5. The van der Waals surface area contributed by atoms with Crippen molar-refractivity contribution in [1.29, 1.82) is 0 Å². The minimum atomic E-state index is -0.163. The molecule has 2 atom stereocenters. The summed E-state index contributed by atoms with van der Waals surface area (Å²) in [7, 11) is 0. The third kappa shape index (κ3) is 3.01. The largest absolute Gasteiger partial charge is 0.396 e. The van der Waals surface area contributed by atoms with Crippen molar-refractivity contribution in [3.8, 4) is 0 Å². The minimum absolute atomic E-state index is 0.0380. The lowest BCUT2D eigenvalue weighted by molar-refractivity contribution is -0.121. The molecule has 0 radical (unpaired) electrons. The third-order valence-electron chi connectivity index (χ3n) is 3.33. The van der Waals surface area contributed by atoms with E-state index in [-0.39, 0.29) is 18.6 Å². The van der Waals surface area contributed by atoms with Crippen molar-refractivity contribution in [3.05, 3.63) is 29.8 Å². The Kier molecular flexibility index (Phi) is 4.20. The van der Waals surface area contributed by atoms with Crippen LogP contribution in [0, 0.1) is 5.92 Å². The minimum Gasteiger partial charge on any atom is -0.396 e. The van der Waals surface area contributed by atoms with Crippen molar-refractivity contribution < 1.29 is 9.90 Å². The summed E-state index contributed by atoms with van der Waals surface area (Å²) in [5.41, 5.74) is 2.25. The topological polar surface area (TPSA) is 61.4 Å². The normalized spacial score (nSPS) is 18.9. The number of para-hydroxylation sites is 1. The zero-order valence-electron chi connectivity index (χ0n) is 10.6. The maximum absolute atomic E-state index is 12.0. The van der Waals surface area contributed by atoms with Crippen molar-refractivity contribution in [2.45, 2.75) is 25.8 Å². The second-order valence-electron chi connectivity index (χ2n) is 4.92. The first kappa shape index (κ1) is 12.9. The Morgan fingerprint density at radius 1 is 1.56 bits per heavy atom. The van der Waals surface area contributed by atoms with Gasteiger partial charge < -0.3 is 15.7 Å². The van der Waals surface area contributed by atoms with Gasteiger partial charge in [0.1, 0.15) is 6.04 Å². The van der Waals surface area contributed by atoms with E-state index in [1.54, 1.807) is 0 Å². The highest BCUT2D eigenvalue weighted by Gasteiger charge is 2.26. The van der Waals surface area contributed by atoms with Gasteiger partial charge in [0.25, 0.3) is 0 Å². The van der Waals surface area contributed by atoms with E-state index < -0.39 is 0 Å². The van der Waals surface area contributed by atoms with Crippen LogP contribution in [0.5, 0.6) is 0 Å². The fraction of sp³-hybridized carbons (Fsp3) is 0.500. The van der Waals surface area contributed by atoms with Gasteiger partial charge in [-0.05, 0) is 24.0 Å². The number of aliphatic hydroxyl groups is 1. The molecule has 0 aromatic heterocycles. The molecule has 1 aromatic rings. The Balaban J connectivity index is 1.82. The lowest BCUT2D eigenvalue weighted by atomic mass is 10.1. The number of hydrogen-bond acceptors (Lipinski definition) is 3. The van der Waals surface area contributed by atoms with Gasteiger partial charge in [-0.2, -0.15) is 0 Å². The highest BCUT2D eigenvalue weighted by atomic mass is 16.3. The smallest absolute Gasteiger partial charge is 0.242 e. The molecular weight excluding hydrogens is 228 g/mol. The number of benzene rings is 1. The number of amides is 1. The highest BCUT2D eigenvalue weighted by molar-refractivity contribution is 5.87. The number of carbonyl (C=O) groups excluding carboxylic acids is 1. The Morgan fingerprint density at radius 3 is 3.06 bits per heavy atom. The SMILES string of the molecule is CC(CCO)CNC(=O)[C@@H]1Cc2ccccc2N1. The molecule has 1 unspecified atom stereocenters. The molecule has 2 rings (SSSR count). The van der Waals surface area contributed by atoms with Crippen molar-refractivity contribution in [3.63, 3.8) is 0 Å². The first-order valence-electron chi connectivity index (χ1n) is 6.43. The van der Waals surface area contributed by atoms with Crippen molar-refractivity contribution in [2.24, 2.45) is 5.92 Å². The number of nitrogens with one attached hydrogen (secondary N) is 2. The molecule has 98 valence electrons. The van der Waals surface area contributed by atoms with Gasteiger partial charge in [0.05, 0.1) is 0 Å². The Bertz CT molecular complexity index is 395. The zero-order valence-corrected chi connectivity index (χ0v) is 10.6. The standard InChI is InChI=1S/C14H20N2O2/c1-10(6-7-17)9-15-14(18)13-8-11-4-2-3-5-12(11)16-13/h2-5,10,13,16-17H,6-9H2,1H3,(H,15,18)/t10?,13-/m0/s1. The summed E-state index contributed by atoms with van der Waals surface area (Å²) >= 11 is 0. The molecule has 0 saturated heterocycles. The van der Waals surface area contributed by atoms with Crippen LogP contribution in [-0.4, -0.2) is 30.2 Å². The summed E-state index contributed by atoms with van der Waals surface area (Å²) < 4.78 is 0. The summed E-state index contributed by atoms with van der Waals surface area (Å²) in [4.78, 5) is 12.0. The second-order valence-corrected chi connectivity index (χ2v) is 4.92. The monoisotopic (exact) mass is 248 g/mol. The summed E-state index contributed by atoms with van der Waals surface area (Å²) in [6.45, 7) is 2.81. The maximum atomic E-state index is 12.0. The van der Waals surface area contributed by atoms with Gasteiger partial charge in [0, 0.05) is 25.3 Å². The van der Waals surface area contributed by atoms with E-state index in [0.717, 1.165) is 18.5 Å². The van der Waals surface area contributed by atoms with E-state index in [4.69, 9.17) is 5.11 Å². The fourth-order valence-electron chi connectivity index (χ4n) is 2.18. The predicted octanol–water partition coefficient (Wildman–Crippen LogP) is 1.16. The lowest BCUT2D eigenvalue weighted by Gasteiger charge is -2.15. The number of aliphatic hydroxyl groups excluding tert-OH is 1. The van der Waals surface area contributed by atoms with Gasteiger partial charge >= 0.3 is 0 Å². The molecule has 4 nitrogen and oxygen atoms in total. The van der Waals surface area contributed by atoms with Crippen LogP contribution >= 0.6 is 0 Å². The van der Waals surface area contributed by atoms with Crippen LogP contribution in [0.4, 0.5) is 5.69 Å². The van der Waals surface area contributed by atoms with Crippen LogP contribution in [0.3, 0.4) is 0 Å². The Hall–Kier alpha value is -1.55. The average Bonchev–Trinajstić information content (AvgIpc) is 2.80. The molecule has 3 N–H and O–H groups in total. The number of anilines is 1. The first-order valence-corrected chi connectivity index (χ1v) is 6.43. The van der Waals surface area contributed by atoms with Gasteiger partial charge in [-0.1, -0.05) is 25.1 Å². The van der Waals surface area contributed by atoms with Crippen LogP contribution in [0.25, 0.3) is 0 Å². The molecule has 4 heteroatoms. The van der Waals surface area contributed by atoms with E-state index in [9.17, 15) is 4.79 Å². The van der Waals surface area contributed by atoms with Crippen molar-refractivity contribution >= 4 is 11.6 Å². The average molecular weight is 248 g/mol. The molecule has 1 aliphatic rings. The summed E-state index contributed by atoms with van der Waals surface area (Å²) in [5, 5.41) is 15.0. The maximum Gasteiger partial charge on any atom is 0.242 e. The molecule has 0 saturated carbocycles. The highest BCUT2D eigenvalue weighted by Crippen LogP contribution is 2.25. The Morgan fingerprint density at radius 2 is 2.33 bits per heavy atom. The Labute approximate surface area is 107 Å². The summed E-state index contributed by atoms with van der Waals surface area (Å²) in [6.07, 6.45) is 1.47. The van der Waals surface area contributed by atoms with E-state index in [1.165, 1.54) is 5.56 Å². The molecule has 0 fully saturated rings. The molecule has 0 spiro atoms. The van der Waals surface area contributed by atoms with Gasteiger partial charge in [-0.15, -0.1) is 0 Å². The molecule has 0 aliphatic carbocycles. The van der Waals surface area contributed by atoms with Crippen molar-refractivity contribution in [1.82, 2.24) is 5.32 Å². The van der Waals surface area contributed by atoms with Crippen LogP contribution in [0.1, 0.15) is 18.9 Å². The number of carbonyl (C=O) groups is 1. The van der Waals surface area contributed by atoms with Crippen LogP contribution in [0.2, 0.25) is 0 Å². The molecule has 1 heterocycles. The van der Waals surface area contributed by atoms with Gasteiger partial charge in [0.2, 0.25) is 5.91 Å². The van der Waals surface area contributed by atoms with Gasteiger partial charge in [0.15, 0.2) is 0 Å². The quantitative estimate of drug-likeness (QED) is 0.732. The summed E-state index contributed by atoms with van der Waals surface area (Å²) in [6, 6.07) is 7.84. The number of hydrogen-bond donors (Lipinski definition) is 3. The van der Waals surface area contributed by atoms with E-state index in [0.29, 0.717) is 12.5 Å². The third-order valence-corrected chi connectivity index (χ3v) is 3.33. The van der Waals surface area contributed by atoms with Gasteiger partial charge in [-0.25, -0.2) is 0 Å². The molecule has 1 amide bonds. The van der Waals surface area contributed by atoms with E-state index in [1.807, 2.05) is 31.2 Å². The van der Waals surface area contributed by atoms with Crippen LogP contribution in [0.15, 0.2) is 24.3 Å². The molecule has 18 heavy (non-hydrogen) atoms. The second kappa shape index (κ2) is 5.87. The van der Waals surface area contributed by atoms with E-state index >= 15 is 0 Å². The molecule has 1 aliphatic heterocycles. The van der Waals surface area contributed by atoms with Crippen LogP contribution < -0.4 is 10.6 Å². The van der Waals surface area contributed by atoms with E-state index in [2.05, 4.69) is 10.6 Å². The van der Waals surface area contributed by atoms with Crippen LogP contribution in [-0.2, 0) is 11.2 Å². The fourth-order valence-corrected chi connectivity index (χ4v) is 2.18. The predicted molar refractivity (Wildman–Crippen MR) is 71.4 cm³/mol. The summed E-state index contributed by atoms with van der Waals surface area (Å²) in [5.74, 6) is 0.346. The lowest BCUT2D eigenvalue weighted by Crippen LogP contribution is -2.40.